The van der Waals surface area contributed by atoms with Gasteiger partial charge in [0.15, 0.2) is 0 Å². The second-order valence-electron chi connectivity index (χ2n) is 7.79. The van der Waals surface area contributed by atoms with E-state index in [0.29, 0.717) is 23.4 Å². The van der Waals surface area contributed by atoms with Gasteiger partial charge in [0.25, 0.3) is 0 Å². The number of nitrogens with zero attached hydrogens (tertiary/aromatic N) is 2. The summed E-state index contributed by atoms with van der Waals surface area (Å²) in [6.07, 6.45) is 0.742. The molecule has 34 heavy (non-hydrogen) atoms. The Morgan fingerprint density at radius 1 is 1.03 bits per heavy atom. The third-order valence-corrected chi connectivity index (χ3v) is 7.18. The van der Waals surface area contributed by atoms with Crippen LogP contribution in [0, 0.1) is 18.3 Å². The minimum atomic E-state index is -3.94. The largest absolute Gasteiger partial charge is 0.496 e. The number of aryl methyl sites for hydroxylation is 1. The summed E-state index contributed by atoms with van der Waals surface area (Å²) in [5.41, 5.74) is 3.03. The number of hydrogen-bond donors (Lipinski definition) is 1. The number of carbonyl (C=O) groups is 1. The van der Waals surface area contributed by atoms with Crippen LogP contribution in [0.1, 0.15) is 16.7 Å². The zero-order chi connectivity index (χ0) is 24.6. The molecular formula is C26H27N3O4S. The first-order valence-electron chi connectivity index (χ1n) is 10.8. The Bertz CT molecular complexity index is 1270. The smallest absolute Gasteiger partial charge is 0.243 e. The Morgan fingerprint density at radius 3 is 2.35 bits per heavy atom. The molecule has 1 amide bonds. The zero-order valence-electron chi connectivity index (χ0n) is 19.2. The third kappa shape index (κ3) is 6.44. The highest BCUT2D eigenvalue weighted by atomic mass is 32.2. The number of nitriles is 1. The van der Waals surface area contributed by atoms with E-state index in [-0.39, 0.29) is 24.4 Å². The van der Waals surface area contributed by atoms with Crippen molar-refractivity contribution in [1.29, 1.82) is 5.26 Å². The fourth-order valence-corrected chi connectivity index (χ4v) is 4.98. The van der Waals surface area contributed by atoms with Crippen molar-refractivity contribution in [2.75, 3.05) is 25.5 Å². The first kappa shape index (κ1) is 25.0. The molecule has 0 radical (unpaired) electrons. The van der Waals surface area contributed by atoms with Crippen molar-refractivity contribution in [2.24, 2.45) is 0 Å². The fourth-order valence-electron chi connectivity index (χ4n) is 3.50. The molecule has 0 atom stereocenters. The molecule has 0 aliphatic carbocycles. The summed E-state index contributed by atoms with van der Waals surface area (Å²) in [6.45, 7) is 1.58. The Labute approximate surface area is 200 Å². The van der Waals surface area contributed by atoms with Crippen molar-refractivity contribution in [1.82, 2.24) is 4.31 Å². The van der Waals surface area contributed by atoms with Gasteiger partial charge in [-0.05, 0) is 60.4 Å². The molecule has 176 valence electrons. The third-order valence-electron chi connectivity index (χ3n) is 5.34. The van der Waals surface area contributed by atoms with Gasteiger partial charge in [0, 0.05) is 12.2 Å². The van der Waals surface area contributed by atoms with Crippen molar-refractivity contribution in [3.8, 4) is 11.8 Å². The number of sulfonamides is 1. The molecule has 1 N–H and O–H groups in total. The molecule has 0 unspecified atom stereocenters. The van der Waals surface area contributed by atoms with Crippen molar-refractivity contribution in [3.05, 3.63) is 89.5 Å². The quantitative estimate of drug-likeness (QED) is 0.477. The van der Waals surface area contributed by atoms with E-state index in [9.17, 15) is 13.2 Å². The maximum atomic E-state index is 13.5. The van der Waals surface area contributed by atoms with Crippen LogP contribution in [0.3, 0.4) is 0 Å². The molecular weight excluding hydrogens is 450 g/mol. The normalized spacial score (nSPS) is 11.1. The van der Waals surface area contributed by atoms with Crippen LogP contribution in [0.4, 0.5) is 5.69 Å². The minimum Gasteiger partial charge on any atom is -0.496 e. The number of anilines is 1. The predicted octanol–water partition coefficient (Wildman–Crippen LogP) is 3.94. The predicted molar refractivity (Wildman–Crippen MR) is 131 cm³/mol. The van der Waals surface area contributed by atoms with E-state index in [1.165, 1.54) is 17.5 Å². The van der Waals surface area contributed by atoms with Gasteiger partial charge < -0.3 is 10.1 Å². The molecule has 0 saturated carbocycles. The second kappa shape index (κ2) is 11.5. The lowest BCUT2D eigenvalue weighted by atomic mass is 10.1. The Hall–Kier alpha value is -3.67. The standard InChI is InChI=1S/C26H27N3O4S/c1-20-18-24(12-13-25(20)33-2)34(31,32)29(17-15-21-6-4-3-5-7-21)19-26(30)28-23-10-8-22(9-11-23)14-16-27/h3-13,18H,14-15,17,19H2,1-2H3,(H,28,30). The van der Waals surface area contributed by atoms with Gasteiger partial charge in [0.2, 0.25) is 15.9 Å². The highest BCUT2D eigenvalue weighted by Gasteiger charge is 2.27. The van der Waals surface area contributed by atoms with Gasteiger partial charge in [-0.3, -0.25) is 4.79 Å². The summed E-state index contributed by atoms with van der Waals surface area (Å²) in [7, 11) is -2.41. The molecule has 0 aromatic heterocycles. The van der Waals surface area contributed by atoms with Gasteiger partial charge in [-0.2, -0.15) is 9.57 Å². The molecule has 0 fully saturated rings. The SMILES string of the molecule is COc1ccc(S(=O)(=O)N(CCc2ccccc2)CC(=O)Nc2ccc(CC#N)cc2)cc1C. The van der Waals surface area contributed by atoms with Gasteiger partial charge >= 0.3 is 0 Å². The summed E-state index contributed by atoms with van der Waals surface area (Å²) >= 11 is 0. The molecule has 0 spiro atoms. The number of amides is 1. The van der Waals surface area contributed by atoms with Gasteiger partial charge in [0.1, 0.15) is 5.75 Å². The summed E-state index contributed by atoms with van der Waals surface area (Å²) in [5.74, 6) is 0.141. The van der Waals surface area contributed by atoms with Crippen LogP contribution in [0.2, 0.25) is 0 Å². The van der Waals surface area contributed by atoms with E-state index in [2.05, 4.69) is 11.4 Å². The fraction of sp³-hybridized carbons (Fsp3) is 0.231. The molecule has 3 rings (SSSR count). The summed E-state index contributed by atoms with van der Waals surface area (Å²) < 4.78 is 33.4. The monoisotopic (exact) mass is 477 g/mol. The summed E-state index contributed by atoms with van der Waals surface area (Å²) in [6, 6.07) is 23.1. The van der Waals surface area contributed by atoms with Crippen LogP contribution < -0.4 is 10.1 Å². The van der Waals surface area contributed by atoms with Crippen LogP contribution in [0.15, 0.2) is 77.7 Å². The highest BCUT2D eigenvalue weighted by molar-refractivity contribution is 7.89. The molecule has 0 bridgehead atoms. The lowest BCUT2D eigenvalue weighted by Gasteiger charge is -2.22. The number of ether oxygens (including phenoxy) is 1. The van der Waals surface area contributed by atoms with Crippen LogP contribution in [-0.4, -0.2) is 38.8 Å². The van der Waals surface area contributed by atoms with Gasteiger partial charge in [-0.1, -0.05) is 42.5 Å². The van der Waals surface area contributed by atoms with Crippen molar-refractivity contribution < 1.29 is 17.9 Å². The average Bonchev–Trinajstić information content (AvgIpc) is 2.83. The van der Waals surface area contributed by atoms with Crippen molar-refractivity contribution in [2.45, 2.75) is 24.7 Å². The summed E-state index contributed by atoms with van der Waals surface area (Å²) in [5, 5.41) is 11.5. The molecule has 3 aromatic rings. The Kier molecular flexibility index (Phi) is 8.41. The minimum absolute atomic E-state index is 0.104. The lowest BCUT2D eigenvalue weighted by molar-refractivity contribution is -0.116. The van der Waals surface area contributed by atoms with Crippen molar-refractivity contribution >= 4 is 21.6 Å². The van der Waals surface area contributed by atoms with Crippen LogP contribution in [0.25, 0.3) is 0 Å². The number of carbonyl (C=O) groups excluding carboxylic acids is 1. The maximum absolute atomic E-state index is 13.5. The molecule has 3 aromatic carbocycles. The van der Waals surface area contributed by atoms with Crippen LogP contribution >= 0.6 is 0 Å². The van der Waals surface area contributed by atoms with E-state index in [0.717, 1.165) is 11.1 Å². The average molecular weight is 478 g/mol. The zero-order valence-corrected chi connectivity index (χ0v) is 20.0. The molecule has 0 saturated heterocycles. The number of nitrogens with one attached hydrogen (secondary N) is 1. The van der Waals surface area contributed by atoms with E-state index in [1.807, 2.05) is 30.3 Å². The Morgan fingerprint density at radius 2 is 1.74 bits per heavy atom. The number of benzene rings is 3. The maximum Gasteiger partial charge on any atom is 0.243 e. The number of hydrogen-bond acceptors (Lipinski definition) is 5. The van der Waals surface area contributed by atoms with Gasteiger partial charge in [0.05, 0.1) is 31.0 Å². The molecule has 7 nitrogen and oxygen atoms in total. The number of methoxy groups -OCH3 is 1. The van der Waals surface area contributed by atoms with E-state index in [4.69, 9.17) is 10.00 Å². The van der Waals surface area contributed by atoms with Gasteiger partial charge in [-0.25, -0.2) is 8.42 Å². The van der Waals surface area contributed by atoms with Crippen molar-refractivity contribution in [3.63, 3.8) is 0 Å². The van der Waals surface area contributed by atoms with E-state index >= 15 is 0 Å². The molecule has 0 heterocycles. The molecule has 0 aliphatic rings. The van der Waals surface area contributed by atoms with Crippen LogP contribution in [-0.2, 0) is 27.7 Å². The summed E-state index contributed by atoms with van der Waals surface area (Å²) in [4.78, 5) is 12.9. The molecule has 8 heteroatoms. The van der Waals surface area contributed by atoms with E-state index in [1.54, 1.807) is 43.3 Å². The van der Waals surface area contributed by atoms with E-state index < -0.39 is 15.9 Å². The molecule has 0 aliphatic heterocycles. The second-order valence-corrected chi connectivity index (χ2v) is 9.72. The first-order valence-corrected chi connectivity index (χ1v) is 12.2. The topological polar surface area (TPSA) is 99.5 Å². The lowest BCUT2D eigenvalue weighted by Crippen LogP contribution is -2.39. The highest BCUT2D eigenvalue weighted by Crippen LogP contribution is 2.24. The number of rotatable bonds is 10. The van der Waals surface area contributed by atoms with Gasteiger partial charge in [-0.15, -0.1) is 0 Å². The Balaban J connectivity index is 1.81. The van der Waals surface area contributed by atoms with Crippen LogP contribution in [0.5, 0.6) is 5.75 Å². The first-order chi connectivity index (χ1) is 16.3.